The fraction of sp³-hybridized carbons (Fsp3) is 0.0588. The van der Waals surface area contributed by atoms with Crippen LogP contribution in [0.2, 0.25) is 5.02 Å². The predicted molar refractivity (Wildman–Crippen MR) is 97.9 cm³/mol. The van der Waals surface area contributed by atoms with Gasteiger partial charge < -0.3 is 10.2 Å². The third-order valence-electron chi connectivity index (χ3n) is 3.57. The van der Waals surface area contributed by atoms with Crippen molar-refractivity contribution in [2.75, 3.05) is 17.3 Å². The van der Waals surface area contributed by atoms with Crippen LogP contribution in [0.5, 0.6) is 0 Å². The lowest BCUT2D eigenvalue weighted by Crippen LogP contribution is -2.15. The van der Waals surface area contributed by atoms with Crippen molar-refractivity contribution in [1.82, 2.24) is 9.97 Å². The maximum Gasteiger partial charge on any atom is 0.354 e. The maximum absolute atomic E-state index is 11.7. The Kier molecular flexibility index (Phi) is 4.76. The van der Waals surface area contributed by atoms with Gasteiger partial charge in [0.15, 0.2) is 0 Å². The lowest BCUT2D eigenvalue weighted by Gasteiger charge is -2.19. The summed E-state index contributed by atoms with van der Waals surface area (Å²) in [6.45, 7) is 0. The van der Waals surface area contributed by atoms with Gasteiger partial charge in [0.2, 0.25) is 11.6 Å². The number of aromatic nitrogens is 2. The molecular formula is C17H14ClN5O2. The van der Waals surface area contributed by atoms with Crippen molar-refractivity contribution in [2.45, 2.75) is 0 Å². The highest BCUT2D eigenvalue weighted by Gasteiger charge is 2.26. The van der Waals surface area contributed by atoms with Crippen LogP contribution in [0.3, 0.4) is 0 Å². The monoisotopic (exact) mass is 355 g/mol. The zero-order chi connectivity index (χ0) is 17.8. The molecule has 0 aliphatic rings. The number of nitrogens with one attached hydrogen (secondary N) is 1. The zero-order valence-corrected chi connectivity index (χ0v) is 14.0. The van der Waals surface area contributed by atoms with Gasteiger partial charge in [-0.15, -0.1) is 0 Å². The van der Waals surface area contributed by atoms with Crippen LogP contribution in [0.1, 0.15) is 0 Å². The minimum Gasteiger partial charge on any atom is -0.333 e. The van der Waals surface area contributed by atoms with E-state index in [-0.39, 0.29) is 17.3 Å². The SMILES string of the molecule is CN(c1ccccc1)c1ncnc(Nc2ccccc2Cl)c1[N+](=O)[O-]. The molecule has 3 aromatic rings. The summed E-state index contributed by atoms with van der Waals surface area (Å²) in [4.78, 5) is 20.9. The number of para-hydroxylation sites is 2. The number of nitrogens with zero attached hydrogens (tertiary/aromatic N) is 4. The molecule has 0 aliphatic carbocycles. The van der Waals surface area contributed by atoms with Gasteiger partial charge in [0.1, 0.15) is 6.33 Å². The Hall–Kier alpha value is -3.19. The van der Waals surface area contributed by atoms with Crippen molar-refractivity contribution in [1.29, 1.82) is 0 Å². The third kappa shape index (κ3) is 3.51. The average Bonchev–Trinajstić information content (AvgIpc) is 2.63. The number of hydrogen-bond donors (Lipinski definition) is 1. The second-order valence-electron chi connectivity index (χ2n) is 5.15. The molecule has 0 bridgehead atoms. The quantitative estimate of drug-likeness (QED) is 0.534. The molecule has 1 aromatic heterocycles. The Morgan fingerprint density at radius 1 is 1.08 bits per heavy atom. The van der Waals surface area contributed by atoms with E-state index < -0.39 is 4.92 Å². The molecule has 0 unspecified atom stereocenters. The summed E-state index contributed by atoms with van der Waals surface area (Å²) in [6.07, 6.45) is 1.28. The van der Waals surface area contributed by atoms with Gasteiger partial charge in [0.25, 0.3) is 0 Å². The van der Waals surface area contributed by atoms with Gasteiger partial charge in [-0.2, -0.15) is 0 Å². The molecule has 0 radical (unpaired) electrons. The van der Waals surface area contributed by atoms with Crippen LogP contribution in [0.25, 0.3) is 0 Å². The standard InChI is InChI=1S/C17H14ClN5O2/c1-22(12-7-3-2-4-8-12)17-15(23(24)25)16(19-11-20-17)21-14-10-6-5-9-13(14)18/h2-11H,1H3,(H,19,20,21). The van der Waals surface area contributed by atoms with Crippen LogP contribution in [0.4, 0.5) is 28.7 Å². The molecule has 2 aromatic carbocycles. The molecule has 0 atom stereocenters. The van der Waals surface area contributed by atoms with Crippen LogP contribution < -0.4 is 10.2 Å². The summed E-state index contributed by atoms with van der Waals surface area (Å²) in [6, 6.07) is 16.2. The van der Waals surface area contributed by atoms with Crippen LogP contribution in [0, 0.1) is 10.1 Å². The van der Waals surface area contributed by atoms with Gasteiger partial charge in [-0.1, -0.05) is 41.9 Å². The molecule has 0 spiro atoms. The number of hydrogen-bond acceptors (Lipinski definition) is 6. The third-order valence-corrected chi connectivity index (χ3v) is 3.90. The van der Waals surface area contributed by atoms with Crippen LogP contribution in [-0.4, -0.2) is 21.9 Å². The normalized spacial score (nSPS) is 10.3. The van der Waals surface area contributed by atoms with Crippen LogP contribution in [0.15, 0.2) is 60.9 Å². The number of rotatable bonds is 5. The molecule has 0 aliphatic heterocycles. The minimum atomic E-state index is -0.506. The van der Waals surface area contributed by atoms with Crippen molar-refractivity contribution >= 4 is 40.3 Å². The molecule has 1 heterocycles. The van der Waals surface area contributed by atoms with Crippen molar-refractivity contribution in [2.24, 2.45) is 0 Å². The summed E-state index contributed by atoms with van der Waals surface area (Å²) in [5.74, 6) is 0.256. The zero-order valence-electron chi connectivity index (χ0n) is 13.3. The van der Waals surface area contributed by atoms with Gasteiger partial charge in [0.05, 0.1) is 15.6 Å². The Morgan fingerprint density at radius 3 is 2.44 bits per heavy atom. The predicted octanol–water partition coefficient (Wildman–Crippen LogP) is 4.55. The first-order valence-corrected chi connectivity index (χ1v) is 7.75. The van der Waals surface area contributed by atoms with Crippen molar-refractivity contribution < 1.29 is 4.92 Å². The fourth-order valence-electron chi connectivity index (χ4n) is 2.34. The highest BCUT2D eigenvalue weighted by Crippen LogP contribution is 2.36. The van der Waals surface area contributed by atoms with Gasteiger partial charge in [-0.05, 0) is 24.3 Å². The molecule has 0 saturated carbocycles. The summed E-state index contributed by atoms with van der Waals surface area (Å²) < 4.78 is 0. The second kappa shape index (κ2) is 7.14. The summed E-state index contributed by atoms with van der Waals surface area (Å²) in [5.41, 5.74) is 1.07. The van der Waals surface area contributed by atoms with Gasteiger partial charge in [-0.25, -0.2) is 9.97 Å². The molecular weight excluding hydrogens is 342 g/mol. The Bertz CT molecular complexity index is 905. The Morgan fingerprint density at radius 2 is 1.76 bits per heavy atom. The largest absolute Gasteiger partial charge is 0.354 e. The van der Waals surface area contributed by atoms with Crippen molar-refractivity contribution in [3.63, 3.8) is 0 Å². The molecule has 0 saturated heterocycles. The Balaban J connectivity index is 2.06. The molecule has 25 heavy (non-hydrogen) atoms. The highest BCUT2D eigenvalue weighted by molar-refractivity contribution is 6.33. The van der Waals surface area contributed by atoms with Crippen LogP contribution >= 0.6 is 11.6 Å². The minimum absolute atomic E-state index is 0.0749. The van der Waals surface area contributed by atoms with E-state index in [1.165, 1.54) is 6.33 Å². The van der Waals surface area contributed by atoms with Gasteiger partial charge in [-0.3, -0.25) is 10.1 Å². The average molecular weight is 356 g/mol. The number of anilines is 4. The second-order valence-corrected chi connectivity index (χ2v) is 5.56. The molecule has 126 valence electrons. The smallest absolute Gasteiger partial charge is 0.333 e. The van der Waals surface area contributed by atoms with E-state index in [9.17, 15) is 10.1 Å². The van der Waals surface area contributed by atoms with E-state index in [0.29, 0.717) is 10.7 Å². The number of halogens is 1. The van der Waals surface area contributed by atoms with E-state index >= 15 is 0 Å². The van der Waals surface area contributed by atoms with E-state index in [0.717, 1.165) is 5.69 Å². The topological polar surface area (TPSA) is 84.2 Å². The Labute approximate surface area is 149 Å². The van der Waals surface area contributed by atoms with E-state index in [1.54, 1.807) is 36.2 Å². The highest BCUT2D eigenvalue weighted by atomic mass is 35.5. The molecule has 8 heteroatoms. The fourth-order valence-corrected chi connectivity index (χ4v) is 2.52. The molecule has 1 N–H and O–H groups in total. The van der Waals surface area contributed by atoms with Crippen molar-refractivity contribution in [3.8, 4) is 0 Å². The molecule has 0 amide bonds. The maximum atomic E-state index is 11.7. The van der Waals surface area contributed by atoms with Crippen LogP contribution in [-0.2, 0) is 0 Å². The number of benzene rings is 2. The first-order chi connectivity index (χ1) is 12.1. The summed E-state index contributed by atoms with van der Waals surface area (Å²) in [7, 11) is 1.71. The molecule has 0 fully saturated rings. The number of nitro groups is 1. The van der Waals surface area contributed by atoms with E-state index in [2.05, 4.69) is 15.3 Å². The van der Waals surface area contributed by atoms with E-state index in [1.807, 2.05) is 30.3 Å². The first kappa shape index (κ1) is 16.7. The first-order valence-electron chi connectivity index (χ1n) is 7.37. The van der Waals surface area contributed by atoms with Gasteiger partial charge >= 0.3 is 5.69 Å². The molecule has 7 nitrogen and oxygen atoms in total. The molecule has 3 rings (SSSR count). The summed E-state index contributed by atoms with van der Waals surface area (Å²) >= 11 is 6.12. The lowest BCUT2D eigenvalue weighted by atomic mass is 10.2. The van der Waals surface area contributed by atoms with Gasteiger partial charge in [0, 0.05) is 12.7 Å². The van der Waals surface area contributed by atoms with E-state index in [4.69, 9.17) is 11.6 Å². The lowest BCUT2D eigenvalue weighted by molar-refractivity contribution is -0.383. The summed E-state index contributed by atoms with van der Waals surface area (Å²) in [5, 5.41) is 15.0. The van der Waals surface area contributed by atoms with Crippen molar-refractivity contribution in [3.05, 3.63) is 76.1 Å².